The van der Waals surface area contributed by atoms with Gasteiger partial charge in [-0.3, -0.25) is 10.1 Å². The Labute approximate surface area is 147 Å². The topological polar surface area (TPSA) is 55.2 Å². The molecule has 0 radical (unpaired) electrons. The first kappa shape index (κ1) is 15.1. The van der Waals surface area contributed by atoms with Crippen LogP contribution in [0, 0.1) is 10.1 Å². The number of non-ortho nitro benzene ring substituents is 1. The van der Waals surface area contributed by atoms with Crippen molar-refractivity contribution in [1.29, 1.82) is 0 Å². The first-order chi connectivity index (χ1) is 11.7. The molecular formula is C18H12N2O2S2. The molecule has 4 nitrogen and oxygen atoms in total. The van der Waals surface area contributed by atoms with Gasteiger partial charge in [-0.25, -0.2) is 0 Å². The SMILES string of the molecule is O=[N+]([O-])c1ccc(Sc2cccc3c2Nc2ccccc2S3)cc1. The molecule has 118 valence electrons. The van der Waals surface area contributed by atoms with Gasteiger partial charge in [0.2, 0.25) is 0 Å². The predicted octanol–water partition coefficient (Wildman–Crippen LogP) is 5.95. The molecule has 0 aliphatic carbocycles. The van der Waals surface area contributed by atoms with E-state index in [1.54, 1.807) is 35.7 Å². The summed E-state index contributed by atoms with van der Waals surface area (Å²) >= 11 is 3.35. The number of nitro benzene ring substituents is 1. The zero-order valence-electron chi connectivity index (χ0n) is 12.4. The van der Waals surface area contributed by atoms with Crippen LogP contribution in [0.3, 0.4) is 0 Å². The zero-order chi connectivity index (χ0) is 16.5. The summed E-state index contributed by atoms with van der Waals surface area (Å²) in [6, 6.07) is 21.1. The van der Waals surface area contributed by atoms with Crippen LogP contribution in [0.5, 0.6) is 0 Å². The summed E-state index contributed by atoms with van der Waals surface area (Å²) in [5.41, 5.74) is 2.30. The van der Waals surface area contributed by atoms with Gasteiger partial charge < -0.3 is 5.32 Å². The van der Waals surface area contributed by atoms with Crippen LogP contribution in [0.25, 0.3) is 0 Å². The van der Waals surface area contributed by atoms with Gasteiger partial charge in [0, 0.05) is 31.7 Å². The van der Waals surface area contributed by atoms with E-state index in [1.807, 2.05) is 18.2 Å². The van der Waals surface area contributed by atoms with E-state index in [2.05, 4.69) is 29.6 Å². The molecule has 0 amide bonds. The second-order valence-corrected chi connectivity index (χ2v) is 7.40. The minimum absolute atomic E-state index is 0.108. The average molecular weight is 352 g/mol. The van der Waals surface area contributed by atoms with Gasteiger partial charge in [-0.1, -0.05) is 41.7 Å². The molecule has 0 fully saturated rings. The zero-order valence-corrected chi connectivity index (χ0v) is 14.1. The largest absolute Gasteiger partial charge is 0.353 e. The van der Waals surface area contributed by atoms with E-state index >= 15 is 0 Å². The second-order valence-electron chi connectivity index (χ2n) is 5.21. The number of benzene rings is 3. The molecule has 0 bridgehead atoms. The quantitative estimate of drug-likeness (QED) is 0.364. The lowest BCUT2D eigenvalue weighted by atomic mass is 10.2. The highest BCUT2D eigenvalue weighted by Crippen LogP contribution is 2.48. The Morgan fingerprint density at radius 1 is 0.917 bits per heavy atom. The van der Waals surface area contributed by atoms with E-state index in [1.165, 1.54) is 21.9 Å². The molecule has 0 aromatic heterocycles. The van der Waals surface area contributed by atoms with Gasteiger partial charge in [-0.15, -0.1) is 0 Å². The van der Waals surface area contributed by atoms with Gasteiger partial charge in [0.05, 0.1) is 16.3 Å². The lowest BCUT2D eigenvalue weighted by Gasteiger charge is -2.22. The number of nitro groups is 1. The first-order valence-corrected chi connectivity index (χ1v) is 8.93. The highest BCUT2D eigenvalue weighted by Gasteiger charge is 2.18. The molecule has 6 heteroatoms. The summed E-state index contributed by atoms with van der Waals surface area (Å²) in [6.07, 6.45) is 0. The Morgan fingerprint density at radius 3 is 2.46 bits per heavy atom. The van der Waals surface area contributed by atoms with Crippen LogP contribution < -0.4 is 5.32 Å². The Hall–Kier alpha value is -2.44. The molecule has 0 saturated heterocycles. The molecule has 1 aliphatic rings. The standard InChI is InChI=1S/C18H12N2O2S2/c21-20(22)12-8-10-13(11-9-12)23-16-6-3-7-17-18(16)19-14-4-1-2-5-15(14)24-17/h1-11,19H. The molecule has 0 spiro atoms. The Kier molecular flexibility index (Phi) is 3.92. The van der Waals surface area contributed by atoms with Gasteiger partial charge in [-0.2, -0.15) is 0 Å². The average Bonchev–Trinajstić information content (AvgIpc) is 2.61. The van der Waals surface area contributed by atoms with Crippen molar-refractivity contribution in [2.75, 3.05) is 5.32 Å². The van der Waals surface area contributed by atoms with Crippen LogP contribution in [0.1, 0.15) is 0 Å². The third-order valence-electron chi connectivity index (χ3n) is 3.63. The number of hydrogen-bond donors (Lipinski definition) is 1. The highest BCUT2D eigenvalue weighted by molar-refractivity contribution is 8.00. The van der Waals surface area contributed by atoms with Gasteiger partial charge in [0.25, 0.3) is 5.69 Å². The van der Waals surface area contributed by atoms with E-state index < -0.39 is 0 Å². The number of nitrogens with zero attached hydrogens (tertiary/aromatic N) is 1. The maximum absolute atomic E-state index is 10.8. The van der Waals surface area contributed by atoms with E-state index in [4.69, 9.17) is 0 Å². The maximum atomic E-state index is 10.8. The molecule has 1 aliphatic heterocycles. The molecule has 24 heavy (non-hydrogen) atoms. The van der Waals surface area contributed by atoms with Crippen molar-refractivity contribution in [3.8, 4) is 0 Å². The fraction of sp³-hybridized carbons (Fsp3) is 0. The normalized spacial score (nSPS) is 12.0. The van der Waals surface area contributed by atoms with E-state index in [9.17, 15) is 10.1 Å². The summed E-state index contributed by atoms with van der Waals surface area (Å²) in [7, 11) is 0. The fourth-order valence-corrected chi connectivity index (χ4v) is 4.50. The lowest BCUT2D eigenvalue weighted by Crippen LogP contribution is -2.00. The second kappa shape index (κ2) is 6.22. The van der Waals surface area contributed by atoms with Crippen LogP contribution in [-0.2, 0) is 0 Å². The third-order valence-corrected chi connectivity index (χ3v) is 5.83. The molecular weight excluding hydrogens is 340 g/mol. The Balaban J connectivity index is 1.65. The molecule has 3 aromatic carbocycles. The summed E-state index contributed by atoms with van der Waals surface area (Å²) in [5, 5.41) is 14.3. The maximum Gasteiger partial charge on any atom is 0.269 e. The molecule has 3 aromatic rings. The summed E-state index contributed by atoms with van der Waals surface area (Å²) in [4.78, 5) is 14.8. The first-order valence-electron chi connectivity index (χ1n) is 7.30. The van der Waals surface area contributed by atoms with Gasteiger partial charge in [-0.05, 0) is 36.4 Å². The summed E-state index contributed by atoms with van der Waals surface area (Å²) in [6.45, 7) is 0. The van der Waals surface area contributed by atoms with Crippen LogP contribution in [0.2, 0.25) is 0 Å². The van der Waals surface area contributed by atoms with Crippen molar-refractivity contribution < 1.29 is 4.92 Å². The molecule has 1 heterocycles. The van der Waals surface area contributed by atoms with Crippen molar-refractivity contribution in [3.05, 3.63) is 76.8 Å². The molecule has 0 atom stereocenters. The summed E-state index contributed by atoms with van der Waals surface area (Å²) < 4.78 is 0. The minimum atomic E-state index is -0.381. The number of nitrogens with one attached hydrogen (secondary N) is 1. The van der Waals surface area contributed by atoms with Gasteiger partial charge in [0.1, 0.15) is 0 Å². The Bertz CT molecular complexity index is 927. The fourth-order valence-electron chi connectivity index (χ4n) is 2.48. The van der Waals surface area contributed by atoms with Crippen LogP contribution in [0.15, 0.2) is 86.3 Å². The van der Waals surface area contributed by atoms with Crippen LogP contribution >= 0.6 is 23.5 Å². The van der Waals surface area contributed by atoms with Crippen molar-refractivity contribution in [2.45, 2.75) is 19.6 Å². The number of anilines is 2. The number of para-hydroxylation sites is 2. The third kappa shape index (κ3) is 2.86. The monoisotopic (exact) mass is 352 g/mol. The molecule has 1 N–H and O–H groups in total. The van der Waals surface area contributed by atoms with Gasteiger partial charge >= 0.3 is 0 Å². The predicted molar refractivity (Wildman–Crippen MR) is 97.5 cm³/mol. The Morgan fingerprint density at radius 2 is 1.67 bits per heavy atom. The van der Waals surface area contributed by atoms with E-state index in [0.717, 1.165) is 21.2 Å². The van der Waals surface area contributed by atoms with Crippen LogP contribution in [0.4, 0.5) is 17.1 Å². The highest BCUT2D eigenvalue weighted by atomic mass is 32.2. The van der Waals surface area contributed by atoms with Crippen molar-refractivity contribution >= 4 is 40.6 Å². The van der Waals surface area contributed by atoms with Crippen molar-refractivity contribution in [2.24, 2.45) is 0 Å². The van der Waals surface area contributed by atoms with Gasteiger partial charge in [0.15, 0.2) is 0 Å². The molecule has 4 rings (SSSR count). The van der Waals surface area contributed by atoms with Crippen molar-refractivity contribution in [1.82, 2.24) is 0 Å². The number of fused-ring (bicyclic) bond motifs is 2. The summed E-state index contributed by atoms with van der Waals surface area (Å²) in [5.74, 6) is 0. The van der Waals surface area contributed by atoms with Crippen LogP contribution in [-0.4, -0.2) is 4.92 Å². The minimum Gasteiger partial charge on any atom is -0.353 e. The van der Waals surface area contributed by atoms with E-state index in [0.29, 0.717) is 0 Å². The lowest BCUT2D eigenvalue weighted by molar-refractivity contribution is -0.384. The smallest absolute Gasteiger partial charge is 0.269 e. The van der Waals surface area contributed by atoms with E-state index in [-0.39, 0.29) is 10.6 Å². The number of hydrogen-bond acceptors (Lipinski definition) is 5. The molecule has 0 unspecified atom stereocenters. The van der Waals surface area contributed by atoms with Crippen molar-refractivity contribution in [3.63, 3.8) is 0 Å². The number of rotatable bonds is 3. The molecule has 0 saturated carbocycles.